The van der Waals surface area contributed by atoms with Crippen molar-refractivity contribution in [3.8, 4) is 0 Å². The van der Waals surface area contributed by atoms with Crippen LogP contribution in [0.2, 0.25) is 5.02 Å². The van der Waals surface area contributed by atoms with E-state index in [0.717, 1.165) is 29.7 Å². The molecule has 6 nitrogen and oxygen atoms in total. The maximum atomic E-state index is 12.5. The van der Waals surface area contributed by atoms with Gasteiger partial charge in [-0.25, -0.2) is 12.7 Å². The van der Waals surface area contributed by atoms with Crippen LogP contribution in [0.25, 0.3) is 0 Å². The topological polar surface area (TPSA) is 69.7 Å². The number of nitrogens with zero attached hydrogens (tertiary/aromatic N) is 2. The zero-order chi connectivity index (χ0) is 19.6. The molecule has 150 valence electrons. The summed E-state index contributed by atoms with van der Waals surface area (Å²) >= 11 is 6.17. The third kappa shape index (κ3) is 4.83. The average molecular weight is 414 g/mol. The summed E-state index contributed by atoms with van der Waals surface area (Å²) in [5, 5.41) is 3.11. The van der Waals surface area contributed by atoms with Gasteiger partial charge in [-0.1, -0.05) is 30.9 Å². The van der Waals surface area contributed by atoms with Crippen molar-refractivity contribution in [1.29, 1.82) is 0 Å². The lowest BCUT2D eigenvalue weighted by atomic mass is 9.75. The highest BCUT2D eigenvalue weighted by Crippen LogP contribution is 2.36. The predicted octanol–water partition coefficient (Wildman–Crippen LogP) is 3.04. The van der Waals surface area contributed by atoms with Crippen molar-refractivity contribution in [2.45, 2.75) is 37.0 Å². The minimum Gasteiger partial charge on any atom is -0.324 e. The normalized spacial score (nSPS) is 23.9. The van der Waals surface area contributed by atoms with Crippen molar-refractivity contribution in [1.82, 2.24) is 9.21 Å². The van der Waals surface area contributed by atoms with Crippen LogP contribution in [0, 0.1) is 11.8 Å². The van der Waals surface area contributed by atoms with Crippen LogP contribution in [0.4, 0.5) is 5.69 Å². The molecule has 1 saturated heterocycles. The van der Waals surface area contributed by atoms with E-state index in [1.807, 2.05) is 0 Å². The Morgan fingerprint density at radius 2 is 1.93 bits per heavy atom. The number of likely N-dealkylation sites (tertiary alicyclic amines) is 1. The third-order valence-corrected chi connectivity index (χ3v) is 7.87. The number of piperidine rings is 1. The molecule has 1 aliphatic carbocycles. The van der Waals surface area contributed by atoms with Gasteiger partial charge in [-0.15, -0.1) is 0 Å². The van der Waals surface area contributed by atoms with Crippen LogP contribution in [0.1, 0.15) is 32.1 Å². The van der Waals surface area contributed by atoms with Crippen molar-refractivity contribution >= 4 is 33.2 Å². The fraction of sp³-hybridized carbons (Fsp3) is 0.632. The van der Waals surface area contributed by atoms with Crippen molar-refractivity contribution < 1.29 is 13.2 Å². The van der Waals surface area contributed by atoms with E-state index >= 15 is 0 Å². The summed E-state index contributed by atoms with van der Waals surface area (Å²) in [7, 11) is -0.641. The van der Waals surface area contributed by atoms with Crippen molar-refractivity contribution in [2.75, 3.05) is 39.0 Å². The molecule has 2 atom stereocenters. The number of hydrogen-bond donors (Lipinski definition) is 1. The van der Waals surface area contributed by atoms with Gasteiger partial charge in [0.2, 0.25) is 15.9 Å². The van der Waals surface area contributed by atoms with Gasteiger partial charge in [-0.3, -0.25) is 9.69 Å². The Balaban J connectivity index is 1.64. The second kappa shape index (κ2) is 8.47. The van der Waals surface area contributed by atoms with E-state index in [9.17, 15) is 13.2 Å². The van der Waals surface area contributed by atoms with Gasteiger partial charge in [0.1, 0.15) is 0 Å². The first-order valence-electron chi connectivity index (χ1n) is 9.51. The molecule has 8 heteroatoms. The lowest BCUT2D eigenvalue weighted by Gasteiger charge is -2.41. The Morgan fingerprint density at radius 1 is 1.22 bits per heavy atom. The minimum atomic E-state index is -3.58. The molecule has 1 N–H and O–H groups in total. The van der Waals surface area contributed by atoms with Gasteiger partial charge in [0.25, 0.3) is 0 Å². The number of carbonyl (C=O) groups is 1. The highest BCUT2D eigenvalue weighted by Gasteiger charge is 2.31. The first kappa shape index (κ1) is 20.6. The highest BCUT2D eigenvalue weighted by molar-refractivity contribution is 7.89. The van der Waals surface area contributed by atoms with Crippen molar-refractivity contribution in [2.24, 2.45) is 11.8 Å². The molecule has 0 bridgehead atoms. The average Bonchev–Trinajstić information content (AvgIpc) is 2.63. The van der Waals surface area contributed by atoms with Gasteiger partial charge in [0.05, 0.1) is 22.2 Å². The molecule has 1 aromatic rings. The number of amides is 1. The summed E-state index contributed by atoms with van der Waals surface area (Å²) in [4.78, 5) is 14.8. The fourth-order valence-corrected chi connectivity index (χ4v) is 5.28. The molecule has 1 amide bonds. The first-order chi connectivity index (χ1) is 12.8. The highest BCUT2D eigenvalue weighted by atomic mass is 35.5. The number of fused-ring (bicyclic) bond motifs is 1. The lowest BCUT2D eigenvalue weighted by Crippen LogP contribution is -2.44. The predicted molar refractivity (Wildman–Crippen MR) is 107 cm³/mol. The van der Waals surface area contributed by atoms with Crippen LogP contribution < -0.4 is 5.32 Å². The number of anilines is 1. The molecule has 2 aliphatic rings. The SMILES string of the molecule is CN(C)S(=O)(=O)c1ccc(Cl)c(NC(=O)CN2CC[C@@H]3CCCC[C@@H]3C2)c1. The van der Waals surface area contributed by atoms with Gasteiger partial charge in [0, 0.05) is 20.6 Å². The summed E-state index contributed by atoms with van der Waals surface area (Å²) in [6.45, 7) is 2.22. The lowest BCUT2D eigenvalue weighted by molar-refractivity contribution is -0.118. The molecule has 0 radical (unpaired) electrons. The van der Waals surface area contributed by atoms with E-state index in [1.165, 1.54) is 58.0 Å². The molecule has 27 heavy (non-hydrogen) atoms. The maximum Gasteiger partial charge on any atom is 0.242 e. The molecule has 1 aromatic carbocycles. The smallest absolute Gasteiger partial charge is 0.242 e. The Bertz CT molecular complexity index is 797. The van der Waals surface area contributed by atoms with E-state index in [4.69, 9.17) is 11.6 Å². The zero-order valence-electron chi connectivity index (χ0n) is 15.9. The molecule has 2 fully saturated rings. The van der Waals surface area contributed by atoms with E-state index in [2.05, 4.69) is 10.2 Å². The molecule has 1 heterocycles. The Kier molecular flexibility index (Phi) is 6.46. The van der Waals surface area contributed by atoms with Crippen LogP contribution in [0.15, 0.2) is 23.1 Å². The summed E-state index contributed by atoms with van der Waals surface area (Å²) in [6.07, 6.45) is 6.39. The summed E-state index contributed by atoms with van der Waals surface area (Å²) < 4.78 is 25.7. The number of benzene rings is 1. The second-order valence-electron chi connectivity index (χ2n) is 7.81. The fourth-order valence-electron chi connectivity index (χ4n) is 4.18. The Hall–Kier alpha value is -1.15. The first-order valence-corrected chi connectivity index (χ1v) is 11.3. The molecule has 1 saturated carbocycles. The van der Waals surface area contributed by atoms with E-state index in [-0.39, 0.29) is 10.8 Å². The number of hydrogen-bond acceptors (Lipinski definition) is 4. The van der Waals surface area contributed by atoms with Crippen LogP contribution in [-0.4, -0.2) is 57.3 Å². The molecule has 0 aromatic heterocycles. The molecule has 3 rings (SSSR count). The number of carbonyl (C=O) groups excluding carboxylic acids is 1. The second-order valence-corrected chi connectivity index (χ2v) is 10.4. The summed E-state index contributed by atoms with van der Waals surface area (Å²) in [5.41, 5.74) is 0.331. The Labute approximate surface area is 166 Å². The van der Waals surface area contributed by atoms with Gasteiger partial charge in [0.15, 0.2) is 0 Å². The third-order valence-electron chi connectivity index (χ3n) is 5.73. The zero-order valence-corrected chi connectivity index (χ0v) is 17.5. The van der Waals surface area contributed by atoms with Crippen LogP contribution in [-0.2, 0) is 14.8 Å². The van der Waals surface area contributed by atoms with Gasteiger partial charge in [-0.05, 0) is 49.4 Å². The van der Waals surface area contributed by atoms with E-state index in [1.54, 1.807) is 0 Å². The van der Waals surface area contributed by atoms with E-state index in [0.29, 0.717) is 23.2 Å². The number of halogens is 1. The maximum absolute atomic E-state index is 12.5. The number of nitrogens with one attached hydrogen (secondary N) is 1. The van der Waals surface area contributed by atoms with E-state index < -0.39 is 10.0 Å². The Morgan fingerprint density at radius 3 is 2.63 bits per heavy atom. The molecule has 0 unspecified atom stereocenters. The molecule has 1 aliphatic heterocycles. The standard InChI is InChI=1S/C19H28ClN3O3S/c1-22(2)27(25,26)16-7-8-17(20)18(11-16)21-19(24)13-23-10-9-14-5-3-4-6-15(14)12-23/h7-8,11,14-15H,3-6,9-10,12-13H2,1-2H3,(H,21,24)/t14-,15+/m0/s1. The summed E-state index contributed by atoms with van der Waals surface area (Å²) in [5.74, 6) is 1.36. The van der Waals surface area contributed by atoms with Gasteiger partial charge in [-0.2, -0.15) is 0 Å². The molecular formula is C19H28ClN3O3S. The van der Waals surface area contributed by atoms with Crippen molar-refractivity contribution in [3.63, 3.8) is 0 Å². The van der Waals surface area contributed by atoms with Crippen LogP contribution in [0.3, 0.4) is 0 Å². The number of rotatable bonds is 5. The molecular weight excluding hydrogens is 386 g/mol. The largest absolute Gasteiger partial charge is 0.324 e. The monoisotopic (exact) mass is 413 g/mol. The van der Waals surface area contributed by atoms with Crippen LogP contribution in [0.5, 0.6) is 0 Å². The quantitative estimate of drug-likeness (QED) is 0.805. The van der Waals surface area contributed by atoms with Crippen molar-refractivity contribution in [3.05, 3.63) is 23.2 Å². The number of sulfonamides is 1. The van der Waals surface area contributed by atoms with Gasteiger partial charge < -0.3 is 5.32 Å². The van der Waals surface area contributed by atoms with Gasteiger partial charge >= 0.3 is 0 Å². The summed E-state index contributed by atoms with van der Waals surface area (Å²) in [6, 6.07) is 4.37. The minimum absolute atomic E-state index is 0.107. The van der Waals surface area contributed by atoms with Crippen LogP contribution >= 0.6 is 11.6 Å². The molecule has 0 spiro atoms.